The van der Waals surface area contributed by atoms with E-state index in [1.807, 2.05) is 0 Å². The second-order valence-corrected chi connectivity index (χ2v) is 4.16. The first kappa shape index (κ1) is 10.9. The van der Waals surface area contributed by atoms with Gasteiger partial charge in [-0.05, 0) is 31.0 Å². The van der Waals surface area contributed by atoms with E-state index in [4.69, 9.17) is 0 Å². The minimum atomic E-state index is 1.29. The van der Waals surface area contributed by atoms with Gasteiger partial charge in [0, 0.05) is 39.6 Å². The molecule has 1 aromatic carbocycles. The molecule has 0 unspecified atom stereocenters. The predicted octanol–water partition coefficient (Wildman–Crippen LogP) is 2.44. The summed E-state index contributed by atoms with van der Waals surface area (Å²) in [6, 6.07) is 4.36. The van der Waals surface area contributed by atoms with Crippen molar-refractivity contribution in [2.45, 2.75) is 13.8 Å². The molecule has 0 amide bonds. The molecule has 78 valence electrons. The molecule has 2 heteroatoms. The van der Waals surface area contributed by atoms with Crippen LogP contribution in [0.25, 0.3) is 0 Å². The maximum absolute atomic E-state index is 2.18. The molecule has 0 aliphatic heterocycles. The molecule has 0 spiro atoms. The van der Waals surface area contributed by atoms with E-state index in [2.05, 4.69) is 64.0 Å². The van der Waals surface area contributed by atoms with E-state index in [0.717, 1.165) is 0 Å². The monoisotopic (exact) mass is 192 g/mol. The van der Waals surface area contributed by atoms with Crippen molar-refractivity contribution in [3.05, 3.63) is 23.3 Å². The van der Waals surface area contributed by atoms with E-state index in [-0.39, 0.29) is 0 Å². The molecule has 0 heterocycles. The van der Waals surface area contributed by atoms with Gasteiger partial charge in [-0.25, -0.2) is 0 Å². The number of rotatable bonds is 2. The number of anilines is 2. The third-order valence-corrected chi connectivity index (χ3v) is 2.53. The summed E-state index contributed by atoms with van der Waals surface area (Å²) in [5.74, 6) is 0. The van der Waals surface area contributed by atoms with Crippen LogP contribution in [0, 0.1) is 13.8 Å². The summed E-state index contributed by atoms with van der Waals surface area (Å²) in [5.41, 5.74) is 5.30. The minimum absolute atomic E-state index is 1.29. The fourth-order valence-corrected chi connectivity index (χ4v) is 2.00. The average Bonchev–Trinajstić information content (AvgIpc) is 2.02. The molecule has 2 nitrogen and oxygen atoms in total. The lowest BCUT2D eigenvalue weighted by atomic mass is 10.1. The smallest absolute Gasteiger partial charge is 0.0441 e. The van der Waals surface area contributed by atoms with E-state index in [1.54, 1.807) is 0 Å². The van der Waals surface area contributed by atoms with Gasteiger partial charge in [0.05, 0.1) is 0 Å². The Bertz CT molecular complexity index is 327. The van der Waals surface area contributed by atoms with Gasteiger partial charge in [0.15, 0.2) is 0 Å². The van der Waals surface area contributed by atoms with Gasteiger partial charge < -0.3 is 9.80 Å². The van der Waals surface area contributed by atoms with E-state index >= 15 is 0 Å². The van der Waals surface area contributed by atoms with Crippen LogP contribution in [0.15, 0.2) is 12.1 Å². The highest BCUT2D eigenvalue weighted by Gasteiger charge is 2.09. The van der Waals surface area contributed by atoms with Gasteiger partial charge in [-0.1, -0.05) is 6.07 Å². The molecule has 0 saturated heterocycles. The fraction of sp³-hybridized carbons (Fsp3) is 0.500. The van der Waals surface area contributed by atoms with Gasteiger partial charge in [-0.2, -0.15) is 0 Å². The summed E-state index contributed by atoms with van der Waals surface area (Å²) < 4.78 is 0. The van der Waals surface area contributed by atoms with Crippen LogP contribution in [0.3, 0.4) is 0 Å². The van der Waals surface area contributed by atoms with Gasteiger partial charge in [0.25, 0.3) is 0 Å². The number of hydrogen-bond donors (Lipinski definition) is 0. The van der Waals surface area contributed by atoms with Crippen LogP contribution in [-0.2, 0) is 0 Å². The van der Waals surface area contributed by atoms with Crippen molar-refractivity contribution in [1.29, 1.82) is 0 Å². The maximum Gasteiger partial charge on any atom is 0.0441 e. The second-order valence-electron chi connectivity index (χ2n) is 4.16. The van der Waals surface area contributed by atoms with Crippen molar-refractivity contribution in [2.24, 2.45) is 0 Å². The van der Waals surface area contributed by atoms with Crippen molar-refractivity contribution in [1.82, 2.24) is 0 Å². The zero-order chi connectivity index (χ0) is 10.9. The minimum Gasteiger partial charge on any atom is -0.377 e. The maximum atomic E-state index is 2.18. The SMILES string of the molecule is Cc1ccc(N(C)C)c(C)c1N(C)C. The Morgan fingerprint density at radius 1 is 0.857 bits per heavy atom. The molecule has 0 radical (unpaired) electrons. The zero-order valence-electron chi connectivity index (χ0n) is 10.0. The molecule has 0 atom stereocenters. The van der Waals surface area contributed by atoms with Crippen molar-refractivity contribution < 1.29 is 0 Å². The van der Waals surface area contributed by atoms with Crippen molar-refractivity contribution in [3.63, 3.8) is 0 Å². The van der Waals surface area contributed by atoms with Crippen molar-refractivity contribution in [3.8, 4) is 0 Å². The van der Waals surface area contributed by atoms with E-state index in [9.17, 15) is 0 Å². The lowest BCUT2D eigenvalue weighted by Gasteiger charge is -2.24. The largest absolute Gasteiger partial charge is 0.377 e. The number of hydrogen-bond acceptors (Lipinski definition) is 2. The lowest BCUT2D eigenvalue weighted by molar-refractivity contribution is 1.06. The van der Waals surface area contributed by atoms with Crippen LogP contribution >= 0.6 is 0 Å². The van der Waals surface area contributed by atoms with E-state index < -0.39 is 0 Å². The highest BCUT2D eigenvalue weighted by Crippen LogP contribution is 2.30. The second kappa shape index (κ2) is 3.91. The summed E-state index contributed by atoms with van der Waals surface area (Å²) in [4.78, 5) is 4.33. The third-order valence-electron chi connectivity index (χ3n) is 2.53. The van der Waals surface area contributed by atoms with Crippen molar-refractivity contribution in [2.75, 3.05) is 38.0 Å². The Morgan fingerprint density at radius 2 is 1.43 bits per heavy atom. The average molecular weight is 192 g/mol. The topological polar surface area (TPSA) is 6.48 Å². The Kier molecular flexibility index (Phi) is 3.04. The molecular weight excluding hydrogens is 172 g/mol. The summed E-state index contributed by atoms with van der Waals surface area (Å²) in [6.45, 7) is 4.33. The molecule has 1 aromatic rings. The Hall–Kier alpha value is -1.18. The molecule has 0 saturated carbocycles. The lowest BCUT2D eigenvalue weighted by Crippen LogP contribution is -2.16. The quantitative estimate of drug-likeness (QED) is 0.710. The van der Waals surface area contributed by atoms with Gasteiger partial charge in [-0.15, -0.1) is 0 Å². The third kappa shape index (κ3) is 1.84. The Labute approximate surface area is 87.1 Å². The van der Waals surface area contributed by atoms with Crippen LogP contribution in [0.5, 0.6) is 0 Å². The van der Waals surface area contributed by atoms with Gasteiger partial charge >= 0.3 is 0 Å². The summed E-state index contributed by atoms with van der Waals surface area (Å²) >= 11 is 0. The first-order chi connectivity index (χ1) is 6.45. The Balaban J connectivity index is 3.34. The highest BCUT2D eigenvalue weighted by atomic mass is 15.1. The molecule has 0 N–H and O–H groups in total. The van der Waals surface area contributed by atoms with E-state index in [0.29, 0.717) is 0 Å². The van der Waals surface area contributed by atoms with Crippen LogP contribution in [0.4, 0.5) is 11.4 Å². The molecule has 0 aliphatic carbocycles. The van der Waals surface area contributed by atoms with Crippen LogP contribution < -0.4 is 9.80 Å². The van der Waals surface area contributed by atoms with Gasteiger partial charge in [-0.3, -0.25) is 0 Å². The molecular formula is C12H20N2. The standard InChI is InChI=1S/C12H20N2/c1-9-7-8-11(13(3)4)10(2)12(9)14(5)6/h7-8H,1-6H3. The molecule has 0 aromatic heterocycles. The molecule has 14 heavy (non-hydrogen) atoms. The Morgan fingerprint density at radius 3 is 1.86 bits per heavy atom. The van der Waals surface area contributed by atoms with Gasteiger partial charge in [0.2, 0.25) is 0 Å². The molecule has 0 aliphatic rings. The van der Waals surface area contributed by atoms with Crippen LogP contribution in [-0.4, -0.2) is 28.2 Å². The zero-order valence-corrected chi connectivity index (χ0v) is 10.0. The fourth-order valence-electron chi connectivity index (χ4n) is 2.00. The normalized spacial score (nSPS) is 10.1. The molecule has 1 rings (SSSR count). The van der Waals surface area contributed by atoms with Crippen LogP contribution in [0.2, 0.25) is 0 Å². The number of benzene rings is 1. The first-order valence-corrected chi connectivity index (χ1v) is 4.90. The molecule has 0 bridgehead atoms. The van der Waals surface area contributed by atoms with E-state index in [1.165, 1.54) is 22.5 Å². The van der Waals surface area contributed by atoms with Crippen molar-refractivity contribution >= 4 is 11.4 Å². The predicted molar refractivity (Wildman–Crippen MR) is 64.6 cm³/mol. The highest BCUT2D eigenvalue weighted by molar-refractivity contribution is 5.69. The summed E-state index contributed by atoms with van der Waals surface area (Å²) in [6.07, 6.45) is 0. The van der Waals surface area contributed by atoms with Gasteiger partial charge in [0.1, 0.15) is 0 Å². The summed E-state index contributed by atoms with van der Waals surface area (Å²) in [5, 5.41) is 0. The summed E-state index contributed by atoms with van der Waals surface area (Å²) in [7, 11) is 8.34. The number of nitrogens with zero attached hydrogens (tertiary/aromatic N) is 2. The number of aryl methyl sites for hydroxylation is 1. The first-order valence-electron chi connectivity index (χ1n) is 4.90. The molecule has 0 fully saturated rings. The van der Waals surface area contributed by atoms with Crippen LogP contribution in [0.1, 0.15) is 11.1 Å².